The number of hydrogen-bond acceptors (Lipinski definition) is 3. The second kappa shape index (κ2) is 8.53. The Morgan fingerprint density at radius 2 is 2.04 bits per heavy atom. The lowest BCUT2D eigenvalue weighted by Crippen LogP contribution is -2.43. The number of carbonyl (C=O) groups is 1. The van der Waals surface area contributed by atoms with E-state index in [4.69, 9.17) is 0 Å². The fourth-order valence-electron chi connectivity index (χ4n) is 3.83. The van der Waals surface area contributed by atoms with Gasteiger partial charge in [0, 0.05) is 23.7 Å². The van der Waals surface area contributed by atoms with E-state index in [1.54, 1.807) is 17.5 Å². The number of piperidine rings is 1. The minimum Gasteiger partial charge on any atom is -0.336 e. The summed E-state index contributed by atoms with van der Waals surface area (Å²) in [7, 11) is 0. The monoisotopic (exact) mass is 379 g/mol. The molecule has 140 valence electrons. The van der Waals surface area contributed by atoms with Gasteiger partial charge in [-0.25, -0.2) is 0 Å². The first-order valence-electron chi connectivity index (χ1n) is 9.69. The molecule has 4 nitrogen and oxygen atoms in total. The summed E-state index contributed by atoms with van der Waals surface area (Å²) in [6.45, 7) is 1.55. The summed E-state index contributed by atoms with van der Waals surface area (Å²) >= 11 is 1.80. The summed E-state index contributed by atoms with van der Waals surface area (Å²) in [5.41, 5.74) is 1.89. The van der Waals surface area contributed by atoms with E-state index in [0.717, 1.165) is 32.2 Å². The smallest absolute Gasteiger partial charge is 0.257 e. The zero-order chi connectivity index (χ0) is 18.5. The van der Waals surface area contributed by atoms with Crippen molar-refractivity contribution in [2.45, 2.75) is 44.7 Å². The first kappa shape index (κ1) is 18.0. The van der Waals surface area contributed by atoms with Gasteiger partial charge < -0.3 is 4.90 Å². The van der Waals surface area contributed by atoms with E-state index in [-0.39, 0.29) is 5.91 Å². The molecule has 4 rings (SSSR count). The second-order valence-electron chi connectivity index (χ2n) is 7.18. The zero-order valence-electron chi connectivity index (χ0n) is 15.5. The number of carbonyl (C=O) groups excluding carboxylic acids is 1. The van der Waals surface area contributed by atoms with Gasteiger partial charge in [-0.15, -0.1) is 11.3 Å². The Labute approximate surface area is 164 Å². The Morgan fingerprint density at radius 3 is 2.85 bits per heavy atom. The lowest BCUT2D eigenvalue weighted by molar-refractivity contribution is 0.0602. The lowest BCUT2D eigenvalue weighted by Gasteiger charge is -2.35. The topological polar surface area (TPSA) is 38.1 Å². The summed E-state index contributed by atoms with van der Waals surface area (Å²) < 4.78 is 1.85. The highest BCUT2D eigenvalue weighted by Crippen LogP contribution is 2.24. The minimum atomic E-state index is 0.130. The molecule has 3 heterocycles. The molecular formula is C22H25N3OS. The third-order valence-corrected chi connectivity index (χ3v) is 6.20. The van der Waals surface area contributed by atoms with Crippen LogP contribution < -0.4 is 0 Å². The third kappa shape index (κ3) is 4.48. The van der Waals surface area contributed by atoms with Gasteiger partial charge in [-0.2, -0.15) is 5.10 Å². The number of likely N-dealkylation sites (tertiary alicyclic amines) is 1. The van der Waals surface area contributed by atoms with Gasteiger partial charge in [-0.3, -0.25) is 9.48 Å². The molecule has 0 N–H and O–H groups in total. The van der Waals surface area contributed by atoms with Crippen LogP contribution >= 0.6 is 11.3 Å². The van der Waals surface area contributed by atoms with Crippen molar-refractivity contribution in [2.24, 2.45) is 0 Å². The molecule has 2 aromatic heterocycles. The highest BCUT2D eigenvalue weighted by molar-refractivity contribution is 7.09. The molecule has 0 spiro atoms. The molecule has 0 radical (unpaired) electrons. The molecule has 0 saturated carbocycles. The lowest BCUT2D eigenvalue weighted by atomic mass is 9.97. The molecule has 0 aliphatic carbocycles. The maximum absolute atomic E-state index is 13.1. The molecule has 1 unspecified atom stereocenters. The van der Waals surface area contributed by atoms with Crippen molar-refractivity contribution in [3.8, 4) is 0 Å². The summed E-state index contributed by atoms with van der Waals surface area (Å²) in [4.78, 5) is 16.6. The molecule has 1 saturated heterocycles. The van der Waals surface area contributed by atoms with Crippen LogP contribution in [0.1, 0.15) is 46.5 Å². The van der Waals surface area contributed by atoms with Gasteiger partial charge in [0.25, 0.3) is 5.91 Å². The summed E-state index contributed by atoms with van der Waals surface area (Å²) in [5.74, 6) is 0.130. The number of rotatable bonds is 6. The predicted octanol–water partition coefficient (Wildman–Crippen LogP) is 4.62. The molecule has 27 heavy (non-hydrogen) atoms. The molecule has 1 fully saturated rings. The Kier molecular flexibility index (Phi) is 5.68. The van der Waals surface area contributed by atoms with Crippen molar-refractivity contribution < 1.29 is 4.79 Å². The van der Waals surface area contributed by atoms with Crippen LogP contribution in [0.5, 0.6) is 0 Å². The predicted molar refractivity (Wildman–Crippen MR) is 109 cm³/mol. The van der Waals surface area contributed by atoms with Crippen molar-refractivity contribution in [1.82, 2.24) is 14.7 Å². The minimum absolute atomic E-state index is 0.130. The first-order valence-corrected chi connectivity index (χ1v) is 10.6. The highest BCUT2D eigenvalue weighted by atomic mass is 32.1. The molecular weight excluding hydrogens is 354 g/mol. The maximum Gasteiger partial charge on any atom is 0.257 e. The van der Waals surface area contributed by atoms with Gasteiger partial charge in [-0.05, 0) is 49.1 Å². The van der Waals surface area contributed by atoms with E-state index in [9.17, 15) is 4.79 Å². The Hall–Kier alpha value is -2.40. The van der Waals surface area contributed by atoms with Gasteiger partial charge >= 0.3 is 0 Å². The molecule has 1 aliphatic heterocycles. The van der Waals surface area contributed by atoms with E-state index in [1.807, 2.05) is 29.1 Å². The van der Waals surface area contributed by atoms with Crippen molar-refractivity contribution in [3.63, 3.8) is 0 Å². The number of aromatic nitrogens is 2. The Morgan fingerprint density at radius 1 is 1.15 bits per heavy atom. The SMILES string of the molecule is O=C(c1cnn(Cc2ccccc2)c1)N1CCCCC1CCc1cccs1. The van der Waals surface area contributed by atoms with Crippen LogP contribution in [0, 0.1) is 0 Å². The van der Waals surface area contributed by atoms with Crippen molar-refractivity contribution in [3.05, 3.63) is 76.2 Å². The van der Waals surface area contributed by atoms with Gasteiger partial charge in [0.05, 0.1) is 18.3 Å². The average Bonchev–Trinajstić information content (AvgIpc) is 3.39. The standard InChI is InChI=1S/C22H25N3OS/c26-22(19-15-23-24(17-19)16-18-7-2-1-3-8-18)25-13-5-4-9-20(25)11-12-21-10-6-14-27-21/h1-3,6-8,10,14-15,17,20H,4-5,9,11-13,16H2. The number of nitrogens with zero attached hydrogens (tertiary/aromatic N) is 3. The van der Waals surface area contributed by atoms with E-state index >= 15 is 0 Å². The quantitative estimate of drug-likeness (QED) is 0.627. The van der Waals surface area contributed by atoms with E-state index in [1.165, 1.54) is 16.9 Å². The van der Waals surface area contributed by atoms with Crippen LogP contribution in [0.4, 0.5) is 0 Å². The van der Waals surface area contributed by atoms with Gasteiger partial charge in [0.1, 0.15) is 0 Å². The van der Waals surface area contributed by atoms with Crippen molar-refractivity contribution in [1.29, 1.82) is 0 Å². The van der Waals surface area contributed by atoms with Crippen LogP contribution in [-0.4, -0.2) is 33.2 Å². The molecule has 1 aliphatic rings. The Balaban J connectivity index is 1.42. The maximum atomic E-state index is 13.1. The molecule has 1 amide bonds. The van der Waals surface area contributed by atoms with Crippen molar-refractivity contribution in [2.75, 3.05) is 6.54 Å². The molecule has 3 aromatic rings. The second-order valence-corrected chi connectivity index (χ2v) is 8.21. The molecule has 0 bridgehead atoms. The molecule has 1 atom stereocenters. The van der Waals surface area contributed by atoms with Gasteiger partial charge in [-0.1, -0.05) is 36.4 Å². The van der Waals surface area contributed by atoms with E-state index < -0.39 is 0 Å². The van der Waals surface area contributed by atoms with Crippen LogP contribution in [0.3, 0.4) is 0 Å². The average molecular weight is 380 g/mol. The van der Waals surface area contributed by atoms with Crippen LogP contribution in [-0.2, 0) is 13.0 Å². The van der Waals surface area contributed by atoms with Gasteiger partial charge in [0.15, 0.2) is 0 Å². The normalized spacial score (nSPS) is 17.2. The third-order valence-electron chi connectivity index (χ3n) is 5.26. The summed E-state index contributed by atoms with van der Waals surface area (Å²) in [6, 6.07) is 14.8. The number of thiophene rings is 1. The van der Waals surface area contributed by atoms with E-state index in [0.29, 0.717) is 18.2 Å². The fraction of sp³-hybridized carbons (Fsp3) is 0.364. The number of amides is 1. The highest BCUT2D eigenvalue weighted by Gasteiger charge is 2.28. The number of benzene rings is 1. The summed E-state index contributed by atoms with van der Waals surface area (Å²) in [5, 5.41) is 6.54. The molecule has 1 aromatic carbocycles. The number of aryl methyl sites for hydroxylation is 1. The number of hydrogen-bond donors (Lipinski definition) is 0. The first-order chi connectivity index (χ1) is 13.3. The Bertz CT molecular complexity index is 857. The van der Waals surface area contributed by atoms with Crippen LogP contribution in [0.2, 0.25) is 0 Å². The van der Waals surface area contributed by atoms with Crippen LogP contribution in [0.25, 0.3) is 0 Å². The molecule has 5 heteroatoms. The van der Waals surface area contributed by atoms with Crippen LogP contribution in [0.15, 0.2) is 60.2 Å². The van der Waals surface area contributed by atoms with E-state index in [2.05, 4.69) is 39.6 Å². The van der Waals surface area contributed by atoms with Gasteiger partial charge in [0.2, 0.25) is 0 Å². The van der Waals surface area contributed by atoms with Crippen molar-refractivity contribution >= 4 is 17.2 Å². The largest absolute Gasteiger partial charge is 0.336 e. The zero-order valence-corrected chi connectivity index (χ0v) is 16.3. The fourth-order valence-corrected chi connectivity index (χ4v) is 4.55. The summed E-state index contributed by atoms with van der Waals surface area (Å²) in [6.07, 6.45) is 9.13.